The van der Waals surface area contributed by atoms with Crippen LogP contribution in [-0.4, -0.2) is 18.9 Å². The summed E-state index contributed by atoms with van der Waals surface area (Å²) in [5, 5.41) is 0.433. The highest BCUT2D eigenvalue weighted by Crippen LogP contribution is 2.32. The van der Waals surface area contributed by atoms with E-state index in [0.717, 1.165) is 0 Å². The van der Waals surface area contributed by atoms with Crippen molar-refractivity contribution in [2.75, 3.05) is 18.0 Å². The third kappa shape index (κ3) is 2.30. The van der Waals surface area contributed by atoms with Crippen LogP contribution in [0, 0.1) is 5.82 Å². The van der Waals surface area contributed by atoms with Gasteiger partial charge < -0.3 is 4.90 Å². The van der Waals surface area contributed by atoms with E-state index < -0.39 is 5.82 Å². The number of carbonyl (C=O) groups is 1. The van der Waals surface area contributed by atoms with E-state index in [0.29, 0.717) is 36.6 Å². The molecule has 0 atom stereocenters. The molecule has 0 amide bonds. The summed E-state index contributed by atoms with van der Waals surface area (Å²) in [6, 6.07) is 2.71. The van der Waals surface area contributed by atoms with E-state index in [4.69, 9.17) is 23.2 Å². The van der Waals surface area contributed by atoms with E-state index in [-0.39, 0.29) is 10.8 Å². The molecular weight excluding hydrogens is 252 g/mol. The highest BCUT2D eigenvalue weighted by atomic mass is 35.5. The van der Waals surface area contributed by atoms with Gasteiger partial charge in [-0.15, -0.1) is 0 Å². The lowest BCUT2D eigenvalue weighted by atomic mass is 10.1. The number of benzene rings is 1. The van der Waals surface area contributed by atoms with Crippen LogP contribution in [0.15, 0.2) is 12.1 Å². The van der Waals surface area contributed by atoms with Crippen LogP contribution >= 0.6 is 23.2 Å². The van der Waals surface area contributed by atoms with Crippen molar-refractivity contribution in [3.8, 4) is 0 Å². The zero-order chi connectivity index (χ0) is 11.7. The van der Waals surface area contributed by atoms with Crippen molar-refractivity contribution in [2.24, 2.45) is 0 Å². The number of Topliss-reactive ketones (excluding diaryl/α,β-unsaturated/α-hetero) is 1. The Balaban J connectivity index is 2.26. The Morgan fingerprint density at radius 2 is 1.75 bits per heavy atom. The quantitative estimate of drug-likeness (QED) is 0.724. The van der Waals surface area contributed by atoms with Crippen molar-refractivity contribution < 1.29 is 9.18 Å². The first kappa shape index (κ1) is 11.7. The maximum Gasteiger partial charge on any atom is 0.143 e. The van der Waals surface area contributed by atoms with Crippen LogP contribution < -0.4 is 4.90 Å². The Morgan fingerprint density at radius 3 is 2.38 bits per heavy atom. The van der Waals surface area contributed by atoms with Crippen LogP contribution in [0.4, 0.5) is 10.1 Å². The molecule has 0 radical (unpaired) electrons. The number of carbonyl (C=O) groups excluding carboxylic acids is 1. The van der Waals surface area contributed by atoms with Crippen molar-refractivity contribution in [3.63, 3.8) is 0 Å². The summed E-state index contributed by atoms with van der Waals surface area (Å²) in [7, 11) is 0. The topological polar surface area (TPSA) is 20.3 Å². The fourth-order valence-corrected chi connectivity index (χ4v) is 2.25. The molecule has 1 fully saturated rings. The molecular formula is C11H10Cl2FNO. The summed E-state index contributed by atoms with van der Waals surface area (Å²) in [6.07, 6.45) is 0.973. The number of ketones is 1. The van der Waals surface area contributed by atoms with Crippen molar-refractivity contribution in [1.82, 2.24) is 0 Å². The Morgan fingerprint density at radius 1 is 1.12 bits per heavy atom. The van der Waals surface area contributed by atoms with Crippen LogP contribution in [0.2, 0.25) is 10.0 Å². The molecule has 0 bridgehead atoms. The normalized spacial score (nSPS) is 16.7. The second-order valence-corrected chi connectivity index (χ2v) is 4.56. The van der Waals surface area contributed by atoms with Crippen LogP contribution in [0.1, 0.15) is 12.8 Å². The fraction of sp³-hybridized carbons (Fsp3) is 0.364. The predicted molar refractivity (Wildman–Crippen MR) is 62.9 cm³/mol. The molecule has 1 aliphatic rings. The van der Waals surface area contributed by atoms with Crippen LogP contribution in [0.5, 0.6) is 0 Å². The number of hydrogen-bond acceptors (Lipinski definition) is 2. The molecule has 0 saturated carbocycles. The van der Waals surface area contributed by atoms with E-state index in [1.165, 1.54) is 12.1 Å². The minimum atomic E-state index is -0.488. The van der Waals surface area contributed by atoms with Gasteiger partial charge in [0.1, 0.15) is 11.6 Å². The van der Waals surface area contributed by atoms with E-state index in [1.54, 1.807) is 0 Å². The molecule has 2 rings (SSSR count). The number of rotatable bonds is 1. The molecule has 2 nitrogen and oxygen atoms in total. The third-order valence-corrected chi connectivity index (χ3v) is 3.24. The Hall–Kier alpha value is -0.800. The SMILES string of the molecule is O=C1CCN(c2cc(F)c(Cl)cc2Cl)CC1. The molecule has 0 unspecified atom stereocenters. The first-order valence-electron chi connectivity index (χ1n) is 4.99. The molecule has 0 spiro atoms. The molecule has 86 valence electrons. The monoisotopic (exact) mass is 261 g/mol. The van der Waals surface area contributed by atoms with E-state index in [2.05, 4.69) is 0 Å². The number of nitrogens with zero attached hydrogens (tertiary/aromatic N) is 1. The average Bonchev–Trinajstić information content (AvgIpc) is 2.25. The van der Waals surface area contributed by atoms with Crippen LogP contribution in [0.25, 0.3) is 0 Å². The Kier molecular flexibility index (Phi) is 3.36. The Labute approximate surface area is 103 Å². The first-order chi connectivity index (χ1) is 7.58. The van der Waals surface area contributed by atoms with Gasteiger partial charge in [-0.25, -0.2) is 4.39 Å². The number of halogens is 3. The molecule has 1 saturated heterocycles. The lowest BCUT2D eigenvalue weighted by Crippen LogP contribution is -2.33. The lowest BCUT2D eigenvalue weighted by Gasteiger charge is -2.29. The number of anilines is 1. The summed E-state index contributed by atoms with van der Waals surface area (Å²) < 4.78 is 13.3. The van der Waals surface area contributed by atoms with Gasteiger partial charge in [-0.2, -0.15) is 0 Å². The van der Waals surface area contributed by atoms with Gasteiger partial charge in [-0.3, -0.25) is 4.79 Å². The van der Waals surface area contributed by atoms with Crippen LogP contribution in [-0.2, 0) is 4.79 Å². The lowest BCUT2D eigenvalue weighted by molar-refractivity contribution is -0.119. The average molecular weight is 262 g/mol. The standard InChI is InChI=1S/C11H10Cl2FNO/c12-8-5-9(13)11(6-10(8)14)15-3-1-7(16)2-4-15/h5-6H,1-4H2. The van der Waals surface area contributed by atoms with Gasteiger partial charge in [-0.05, 0) is 6.07 Å². The third-order valence-electron chi connectivity index (χ3n) is 2.65. The summed E-state index contributed by atoms with van der Waals surface area (Å²) >= 11 is 11.6. The van der Waals surface area contributed by atoms with Gasteiger partial charge in [0, 0.05) is 32.0 Å². The second-order valence-electron chi connectivity index (χ2n) is 3.74. The van der Waals surface area contributed by atoms with Gasteiger partial charge in [0.25, 0.3) is 0 Å². The molecule has 1 aromatic carbocycles. The van der Waals surface area contributed by atoms with Crippen molar-refractivity contribution >= 4 is 34.7 Å². The van der Waals surface area contributed by atoms with E-state index in [9.17, 15) is 9.18 Å². The predicted octanol–water partition coefficient (Wildman–Crippen LogP) is 3.30. The second kappa shape index (κ2) is 4.60. The van der Waals surface area contributed by atoms with Crippen molar-refractivity contribution in [2.45, 2.75) is 12.8 Å². The van der Waals surface area contributed by atoms with Gasteiger partial charge in [0.15, 0.2) is 0 Å². The maximum absolute atomic E-state index is 13.3. The zero-order valence-corrected chi connectivity index (χ0v) is 9.98. The molecule has 1 aliphatic heterocycles. The summed E-state index contributed by atoms with van der Waals surface area (Å²) in [5.41, 5.74) is 0.607. The first-order valence-corrected chi connectivity index (χ1v) is 5.74. The van der Waals surface area contributed by atoms with E-state index >= 15 is 0 Å². The smallest absolute Gasteiger partial charge is 0.143 e. The van der Waals surface area contributed by atoms with Gasteiger partial charge in [-0.1, -0.05) is 23.2 Å². The maximum atomic E-state index is 13.3. The molecule has 0 aromatic heterocycles. The molecule has 0 aliphatic carbocycles. The summed E-state index contributed by atoms with van der Waals surface area (Å²) in [4.78, 5) is 13.0. The van der Waals surface area contributed by atoms with Gasteiger partial charge >= 0.3 is 0 Å². The van der Waals surface area contributed by atoms with Gasteiger partial charge in [0.2, 0.25) is 0 Å². The Bertz CT molecular complexity index is 426. The molecule has 0 N–H and O–H groups in total. The molecule has 1 heterocycles. The summed E-state index contributed by atoms with van der Waals surface area (Å²) in [5.74, 6) is -0.250. The summed E-state index contributed by atoms with van der Waals surface area (Å²) in [6.45, 7) is 1.17. The van der Waals surface area contributed by atoms with Gasteiger partial charge in [0.05, 0.1) is 15.7 Å². The van der Waals surface area contributed by atoms with Crippen molar-refractivity contribution in [1.29, 1.82) is 0 Å². The highest BCUT2D eigenvalue weighted by Gasteiger charge is 2.19. The zero-order valence-electron chi connectivity index (χ0n) is 8.47. The fourth-order valence-electron chi connectivity index (χ4n) is 1.75. The van der Waals surface area contributed by atoms with Crippen LogP contribution in [0.3, 0.4) is 0 Å². The highest BCUT2D eigenvalue weighted by molar-refractivity contribution is 6.36. The minimum absolute atomic E-state index is 0.0156. The van der Waals surface area contributed by atoms with Crippen molar-refractivity contribution in [3.05, 3.63) is 28.0 Å². The van der Waals surface area contributed by atoms with E-state index in [1.807, 2.05) is 4.90 Å². The largest absolute Gasteiger partial charge is 0.369 e. The number of piperidine rings is 1. The number of hydrogen-bond donors (Lipinski definition) is 0. The molecule has 16 heavy (non-hydrogen) atoms. The molecule has 1 aromatic rings. The minimum Gasteiger partial charge on any atom is -0.369 e. The molecule has 5 heteroatoms.